The van der Waals surface area contributed by atoms with Crippen molar-refractivity contribution in [3.8, 4) is 0 Å². The van der Waals surface area contributed by atoms with Crippen LogP contribution in [-0.4, -0.2) is 28.8 Å². The van der Waals surface area contributed by atoms with Gasteiger partial charge in [-0.1, -0.05) is 76.6 Å². The second-order valence-electron chi connectivity index (χ2n) is 5.87. The van der Waals surface area contributed by atoms with Crippen LogP contribution in [0.2, 0.25) is 0 Å². The van der Waals surface area contributed by atoms with E-state index in [-0.39, 0.29) is 17.9 Å². The lowest BCUT2D eigenvalue weighted by atomic mass is 10.0. The Morgan fingerprint density at radius 2 is 1.48 bits per heavy atom. The smallest absolute Gasteiger partial charge is 0.323 e. The summed E-state index contributed by atoms with van der Waals surface area (Å²) in [5, 5.41) is 0.767. The molecule has 0 radical (unpaired) electrons. The summed E-state index contributed by atoms with van der Waals surface area (Å²) in [5.74, 6) is 0.0798. The molecule has 0 amide bonds. The average Bonchev–Trinajstić information content (AvgIpc) is 2.97. The summed E-state index contributed by atoms with van der Waals surface area (Å²) in [7, 11) is 0. The molecule has 1 aliphatic rings. The Morgan fingerprint density at radius 1 is 0.957 bits per heavy atom. The molecule has 0 saturated carbocycles. The van der Waals surface area contributed by atoms with Crippen LogP contribution in [0.3, 0.4) is 0 Å². The van der Waals surface area contributed by atoms with E-state index in [2.05, 4.69) is 45.1 Å². The zero-order chi connectivity index (χ0) is 16.1. The van der Waals surface area contributed by atoms with E-state index in [1.807, 2.05) is 36.4 Å². The summed E-state index contributed by atoms with van der Waals surface area (Å²) in [6.45, 7) is 1.97. The Kier molecular flexibility index (Phi) is 5.47. The molecule has 3 rings (SSSR count). The maximum absolute atomic E-state index is 12.3. The SMILES string of the molecule is O=C1OCC(CBr)C1N(Cc1ccccc1)Cc1ccccc1. The number of nitrogens with zero attached hydrogens (tertiary/aromatic N) is 1. The van der Waals surface area contributed by atoms with Crippen molar-refractivity contribution in [2.75, 3.05) is 11.9 Å². The fraction of sp³-hybridized carbons (Fsp3) is 0.316. The standard InChI is InChI=1S/C19H20BrNO2/c20-11-17-14-23-19(22)18(17)21(12-15-7-3-1-4-8-15)13-16-9-5-2-6-10-16/h1-10,17-18H,11-14H2. The Bertz CT molecular complexity index is 591. The van der Waals surface area contributed by atoms with Gasteiger partial charge < -0.3 is 4.74 Å². The van der Waals surface area contributed by atoms with Crippen molar-refractivity contribution < 1.29 is 9.53 Å². The van der Waals surface area contributed by atoms with E-state index in [4.69, 9.17) is 4.74 Å². The lowest BCUT2D eigenvalue weighted by Crippen LogP contribution is -2.42. The zero-order valence-corrected chi connectivity index (χ0v) is 14.5. The van der Waals surface area contributed by atoms with E-state index in [0.717, 1.165) is 18.4 Å². The zero-order valence-electron chi connectivity index (χ0n) is 12.9. The van der Waals surface area contributed by atoms with E-state index in [9.17, 15) is 4.79 Å². The van der Waals surface area contributed by atoms with Crippen LogP contribution in [0.1, 0.15) is 11.1 Å². The first-order valence-corrected chi connectivity index (χ1v) is 8.94. The maximum atomic E-state index is 12.3. The lowest BCUT2D eigenvalue weighted by Gasteiger charge is -2.29. The van der Waals surface area contributed by atoms with E-state index in [0.29, 0.717) is 6.61 Å². The minimum Gasteiger partial charge on any atom is -0.464 e. The number of benzene rings is 2. The van der Waals surface area contributed by atoms with Gasteiger partial charge in [0.1, 0.15) is 6.04 Å². The van der Waals surface area contributed by atoms with Crippen LogP contribution in [0, 0.1) is 5.92 Å². The third-order valence-electron chi connectivity index (χ3n) is 4.18. The minimum atomic E-state index is -0.199. The first kappa shape index (κ1) is 16.2. The van der Waals surface area contributed by atoms with Crippen LogP contribution in [-0.2, 0) is 22.6 Å². The summed E-state index contributed by atoms with van der Waals surface area (Å²) < 4.78 is 5.31. The molecule has 0 bridgehead atoms. The molecular formula is C19H20BrNO2. The van der Waals surface area contributed by atoms with Gasteiger partial charge >= 0.3 is 5.97 Å². The predicted octanol–water partition coefficient (Wildman–Crippen LogP) is 3.63. The Morgan fingerprint density at radius 3 is 1.96 bits per heavy atom. The van der Waals surface area contributed by atoms with Crippen molar-refractivity contribution in [2.24, 2.45) is 5.92 Å². The highest BCUT2D eigenvalue weighted by Crippen LogP contribution is 2.26. The number of alkyl halides is 1. The lowest BCUT2D eigenvalue weighted by molar-refractivity contribution is -0.142. The predicted molar refractivity (Wildman–Crippen MR) is 94.2 cm³/mol. The topological polar surface area (TPSA) is 29.5 Å². The van der Waals surface area contributed by atoms with Crippen molar-refractivity contribution in [3.63, 3.8) is 0 Å². The van der Waals surface area contributed by atoms with Gasteiger partial charge in [-0.3, -0.25) is 9.69 Å². The molecule has 1 saturated heterocycles. The number of ether oxygens (including phenoxy) is 1. The molecule has 1 aliphatic heterocycles. The van der Waals surface area contributed by atoms with Crippen LogP contribution in [0.5, 0.6) is 0 Å². The van der Waals surface area contributed by atoms with Gasteiger partial charge in [0.25, 0.3) is 0 Å². The van der Waals surface area contributed by atoms with Crippen LogP contribution in [0.4, 0.5) is 0 Å². The average molecular weight is 374 g/mol. The van der Waals surface area contributed by atoms with Gasteiger partial charge in [0.15, 0.2) is 0 Å². The summed E-state index contributed by atoms with van der Waals surface area (Å²) in [5.41, 5.74) is 2.41. The number of halogens is 1. The van der Waals surface area contributed by atoms with Gasteiger partial charge in [-0.15, -0.1) is 0 Å². The van der Waals surface area contributed by atoms with Gasteiger partial charge in [0.05, 0.1) is 6.61 Å². The Hall–Kier alpha value is -1.65. The van der Waals surface area contributed by atoms with Crippen LogP contribution >= 0.6 is 15.9 Å². The number of rotatable bonds is 6. The van der Waals surface area contributed by atoms with Gasteiger partial charge in [-0.2, -0.15) is 0 Å². The van der Waals surface area contributed by atoms with Crippen LogP contribution in [0.25, 0.3) is 0 Å². The second kappa shape index (κ2) is 7.75. The number of carbonyl (C=O) groups is 1. The summed E-state index contributed by atoms with van der Waals surface area (Å²) in [6, 6.07) is 20.3. The van der Waals surface area contributed by atoms with E-state index >= 15 is 0 Å². The molecule has 2 aromatic rings. The number of carbonyl (C=O) groups excluding carboxylic acids is 1. The summed E-state index contributed by atoms with van der Waals surface area (Å²) >= 11 is 3.52. The quantitative estimate of drug-likeness (QED) is 0.571. The molecule has 0 N–H and O–H groups in total. The first-order valence-electron chi connectivity index (χ1n) is 7.82. The number of hydrogen-bond donors (Lipinski definition) is 0. The third-order valence-corrected chi connectivity index (χ3v) is 5.01. The summed E-state index contributed by atoms with van der Waals surface area (Å²) in [6.07, 6.45) is 0. The van der Waals surface area contributed by atoms with E-state index in [1.54, 1.807) is 0 Å². The number of hydrogen-bond acceptors (Lipinski definition) is 3. The molecule has 23 heavy (non-hydrogen) atoms. The highest BCUT2D eigenvalue weighted by atomic mass is 79.9. The number of esters is 1. The summed E-state index contributed by atoms with van der Waals surface area (Å²) in [4.78, 5) is 14.5. The Balaban J connectivity index is 1.84. The highest BCUT2D eigenvalue weighted by molar-refractivity contribution is 9.09. The van der Waals surface area contributed by atoms with Crippen molar-refractivity contribution in [2.45, 2.75) is 19.1 Å². The number of cyclic esters (lactones) is 1. The third kappa shape index (κ3) is 4.01. The van der Waals surface area contributed by atoms with Crippen molar-refractivity contribution in [3.05, 3.63) is 71.8 Å². The fourth-order valence-electron chi connectivity index (χ4n) is 3.02. The van der Waals surface area contributed by atoms with E-state index < -0.39 is 0 Å². The Labute approximate surface area is 145 Å². The van der Waals surface area contributed by atoms with Gasteiger partial charge in [-0.05, 0) is 11.1 Å². The molecule has 0 aliphatic carbocycles. The molecule has 2 unspecified atom stereocenters. The molecule has 4 heteroatoms. The minimum absolute atomic E-state index is 0.110. The van der Waals surface area contributed by atoms with Gasteiger partial charge in [-0.25, -0.2) is 0 Å². The van der Waals surface area contributed by atoms with Crippen LogP contribution < -0.4 is 0 Å². The van der Waals surface area contributed by atoms with Crippen molar-refractivity contribution >= 4 is 21.9 Å². The monoisotopic (exact) mass is 373 g/mol. The highest BCUT2D eigenvalue weighted by Gasteiger charge is 2.40. The molecule has 1 fully saturated rings. The normalized spacial score (nSPS) is 20.7. The van der Waals surface area contributed by atoms with Crippen LogP contribution in [0.15, 0.2) is 60.7 Å². The molecule has 2 aromatic carbocycles. The first-order chi connectivity index (χ1) is 11.3. The molecule has 0 spiro atoms. The largest absolute Gasteiger partial charge is 0.464 e. The van der Waals surface area contributed by atoms with Gasteiger partial charge in [0.2, 0.25) is 0 Å². The molecule has 3 nitrogen and oxygen atoms in total. The van der Waals surface area contributed by atoms with E-state index in [1.165, 1.54) is 11.1 Å². The molecule has 0 aromatic heterocycles. The van der Waals surface area contributed by atoms with Crippen molar-refractivity contribution in [1.82, 2.24) is 4.90 Å². The fourth-order valence-corrected chi connectivity index (χ4v) is 3.56. The molecule has 2 atom stereocenters. The second-order valence-corrected chi connectivity index (χ2v) is 6.51. The van der Waals surface area contributed by atoms with Crippen molar-refractivity contribution in [1.29, 1.82) is 0 Å². The molecular weight excluding hydrogens is 354 g/mol. The molecule has 120 valence electrons. The van der Waals surface area contributed by atoms with Gasteiger partial charge in [0, 0.05) is 24.3 Å². The molecule has 1 heterocycles. The maximum Gasteiger partial charge on any atom is 0.323 e.